The number of nitrogens with zero attached hydrogens (tertiary/aromatic N) is 3. The van der Waals surface area contributed by atoms with E-state index in [0.29, 0.717) is 36.3 Å². The Balaban J connectivity index is 2.23. The maximum Gasteiger partial charge on any atom is 0.270 e. The Morgan fingerprint density at radius 1 is 1.48 bits per heavy atom. The van der Waals surface area contributed by atoms with Gasteiger partial charge in [-0.25, -0.2) is 0 Å². The van der Waals surface area contributed by atoms with Gasteiger partial charge in [-0.1, -0.05) is 12.1 Å². The standard InChI is InChI=1S/C14H17N3O4/c1-9-5-11(7-12(6-9)17(20)21)14(18)16-4-3-13(15-19)10(2)8-16/h5-7,10,19H,3-4,8H2,1-2H3/b15-13+. The van der Waals surface area contributed by atoms with E-state index in [9.17, 15) is 14.9 Å². The van der Waals surface area contributed by atoms with Gasteiger partial charge in [-0.3, -0.25) is 14.9 Å². The Bertz CT molecular complexity index is 612. The molecule has 1 aliphatic rings. The number of carbonyl (C=O) groups is 1. The van der Waals surface area contributed by atoms with Crippen LogP contribution in [0.1, 0.15) is 29.3 Å². The fourth-order valence-electron chi connectivity index (χ4n) is 2.53. The normalized spacial score (nSPS) is 20.6. The fraction of sp³-hybridized carbons (Fsp3) is 0.429. The monoisotopic (exact) mass is 291 g/mol. The van der Waals surface area contributed by atoms with Crippen molar-refractivity contribution in [3.8, 4) is 0 Å². The summed E-state index contributed by atoms with van der Waals surface area (Å²) in [5.41, 5.74) is 1.59. The van der Waals surface area contributed by atoms with E-state index in [4.69, 9.17) is 5.21 Å². The Morgan fingerprint density at radius 2 is 2.19 bits per heavy atom. The molecule has 21 heavy (non-hydrogen) atoms. The Hall–Kier alpha value is -2.44. The van der Waals surface area contributed by atoms with Gasteiger partial charge in [0.1, 0.15) is 0 Å². The van der Waals surface area contributed by atoms with E-state index >= 15 is 0 Å². The number of carbonyl (C=O) groups excluding carboxylic acids is 1. The van der Waals surface area contributed by atoms with E-state index < -0.39 is 4.92 Å². The quantitative estimate of drug-likeness (QED) is 0.513. The van der Waals surface area contributed by atoms with E-state index in [0.717, 1.165) is 0 Å². The van der Waals surface area contributed by atoms with E-state index in [-0.39, 0.29) is 17.5 Å². The van der Waals surface area contributed by atoms with Gasteiger partial charge in [0.15, 0.2) is 0 Å². The summed E-state index contributed by atoms with van der Waals surface area (Å²) in [6.07, 6.45) is 0.511. The maximum absolute atomic E-state index is 12.5. The molecule has 1 fully saturated rings. The van der Waals surface area contributed by atoms with Crippen molar-refractivity contribution in [3.05, 3.63) is 39.4 Å². The molecular weight excluding hydrogens is 274 g/mol. The van der Waals surface area contributed by atoms with Crippen LogP contribution in [0.4, 0.5) is 5.69 Å². The minimum absolute atomic E-state index is 0.0208. The third kappa shape index (κ3) is 3.18. The third-order valence-electron chi connectivity index (χ3n) is 3.64. The summed E-state index contributed by atoms with van der Waals surface area (Å²) in [7, 11) is 0. The van der Waals surface area contributed by atoms with Gasteiger partial charge in [-0.15, -0.1) is 0 Å². The van der Waals surface area contributed by atoms with Gasteiger partial charge in [0.2, 0.25) is 0 Å². The average molecular weight is 291 g/mol. The van der Waals surface area contributed by atoms with Gasteiger partial charge < -0.3 is 10.1 Å². The maximum atomic E-state index is 12.5. The SMILES string of the molecule is Cc1cc(C(=O)N2CC/C(=N\O)C(C)C2)cc([N+](=O)[O-])c1. The number of amides is 1. The Labute approximate surface area is 122 Å². The lowest BCUT2D eigenvalue weighted by Gasteiger charge is -2.31. The number of aryl methyl sites for hydroxylation is 1. The molecule has 0 bridgehead atoms. The van der Waals surface area contributed by atoms with Crippen molar-refractivity contribution in [1.82, 2.24) is 4.90 Å². The molecule has 1 aromatic rings. The predicted octanol–water partition coefficient (Wildman–Crippen LogP) is 2.22. The van der Waals surface area contributed by atoms with Crippen molar-refractivity contribution in [3.63, 3.8) is 0 Å². The highest BCUT2D eigenvalue weighted by molar-refractivity contribution is 5.97. The summed E-state index contributed by atoms with van der Waals surface area (Å²) in [6.45, 7) is 4.50. The van der Waals surface area contributed by atoms with Crippen molar-refractivity contribution in [1.29, 1.82) is 0 Å². The second kappa shape index (κ2) is 5.90. The van der Waals surface area contributed by atoms with Crippen LogP contribution in [0.25, 0.3) is 0 Å². The summed E-state index contributed by atoms with van der Waals surface area (Å²) < 4.78 is 0. The van der Waals surface area contributed by atoms with Gasteiger partial charge in [0, 0.05) is 43.1 Å². The summed E-state index contributed by atoms with van der Waals surface area (Å²) in [5.74, 6) is -0.252. The van der Waals surface area contributed by atoms with Gasteiger partial charge >= 0.3 is 0 Å². The van der Waals surface area contributed by atoms with E-state index in [1.165, 1.54) is 12.1 Å². The van der Waals surface area contributed by atoms with Crippen LogP contribution in [-0.2, 0) is 0 Å². The number of non-ortho nitro benzene ring substituents is 1. The Kier molecular flexibility index (Phi) is 4.21. The molecule has 1 heterocycles. The van der Waals surface area contributed by atoms with E-state index in [2.05, 4.69) is 5.16 Å². The summed E-state index contributed by atoms with van der Waals surface area (Å²) >= 11 is 0. The molecule has 0 aromatic heterocycles. The first-order chi connectivity index (χ1) is 9.92. The zero-order valence-corrected chi connectivity index (χ0v) is 11.9. The first kappa shape index (κ1) is 15.0. The lowest BCUT2D eigenvalue weighted by molar-refractivity contribution is -0.384. The molecule has 0 radical (unpaired) electrons. The minimum atomic E-state index is -0.501. The molecule has 7 heteroatoms. The van der Waals surface area contributed by atoms with E-state index in [1.54, 1.807) is 17.9 Å². The number of rotatable bonds is 2. The molecule has 1 atom stereocenters. The van der Waals surface area contributed by atoms with Crippen LogP contribution >= 0.6 is 0 Å². The highest BCUT2D eigenvalue weighted by Gasteiger charge is 2.27. The summed E-state index contributed by atoms with van der Waals surface area (Å²) in [6, 6.07) is 4.39. The van der Waals surface area contributed by atoms with Crippen LogP contribution in [0.2, 0.25) is 0 Å². The molecule has 1 amide bonds. The molecule has 0 aliphatic carbocycles. The molecular formula is C14H17N3O4. The highest BCUT2D eigenvalue weighted by atomic mass is 16.6. The molecule has 1 N–H and O–H groups in total. The number of hydrogen-bond acceptors (Lipinski definition) is 5. The molecule has 0 spiro atoms. The molecule has 112 valence electrons. The molecule has 1 aromatic carbocycles. The van der Waals surface area contributed by atoms with Gasteiger partial charge in [0.25, 0.3) is 11.6 Å². The van der Waals surface area contributed by atoms with Crippen LogP contribution in [0.5, 0.6) is 0 Å². The van der Waals surface area contributed by atoms with Crippen molar-refractivity contribution in [2.45, 2.75) is 20.3 Å². The number of piperidine rings is 1. The van der Waals surface area contributed by atoms with Crippen LogP contribution < -0.4 is 0 Å². The number of likely N-dealkylation sites (tertiary alicyclic amines) is 1. The third-order valence-corrected chi connectivity index (χ3v) is 3.64. The highest BCUT2D eigenvalue weighted by Crippen LogP contribution is 2.21. The van der Waals surface area contributed by atoms with E-state index in [1.807, 2.05) is 6.92 Å². The molecule has 0 saturated carbocycles. The second-order valence-electron chi connectivity index (χ2n) is 5.31. The first-order valence-corrected chi connectivity index (χ1v) is 6.68. The van der Waals surface area contributed by atoms with Gasteiger partial charge in [-0.2, -0.15) is 0 Å². The van der Waals surface area contributed by atoms with Crippen LogP contribution in [-0.4, -0.2) is 39.7 Å². The summed E-state index contributed by atoms with van der Waals surface area (Å²) in [4.78, 5) is 24.5. The lowest BCUT2D eigenvalue weighted by Crippen LogP contribution is -2.43. The zero-order valence-electron chi connectivity index (χ0n) is 11.9. The number of oxime groups is 1. The first-order valence-electron chi connectivity index (χ1n) is 6.68. The summed E-state index contributed by atoms with van der Waals surface area (Å²) in [5, 5.41) is 23.0. The lowest BCUT2D eigenvalue weighted by atomic mass is 9.97. The smallest absolute Gasteiger partial charge is 0.270 e. The number of hydrogen-bond donors (Lipinski definition) is 1. The molecule has 7 nitrogen and oxygen atoms in total. The van der Waals surface area contributed by atoms with Crippen LogP contribution in [0, 0.1) is 23.0 Å². The van der Waals surface area contributed by atoms with Crippen LogP contribution in [0.15, 0.2) is 23.4 Å². The molecule has 2 rings (SSSR count). The average Bonchev–Trinajstić information content (AvgIpc) is 2.45. The van der Waals surface area contributed by atoms with Crippen molar-refractivity contribution < 1.29 is 14.9 Å². The van der Waals surface area contributed by atoms with Crippen molar-refractivity contribution in [2.75, 3.05) is 13.1 Å². The Morgan fingerprint density at radius 3 is 2.76 bits per heavy atom. The minimum Gasteiger partial charge on any atom is -0.411 e. The fourth-order valence-corrected chi connectivity index (χ4v) is 2.53. The van der Waals surface area contributed by atoms with Gasteiger partial charge in [0.05, 0.1) is 10.6 Å². The molecule has 1 unspecified atom stereocenters. The number of benzene rings is 1. The largest absolute Gasteiger partial charge is 0.411 e. The molecule has 1 aliphatic heterocycles. The van der Waals surface area contributed by atoms with Crippen molar-refractivity contribution >= 4 is 17.3 Å². The second-order valence-corrected chi connectivity index (χ2v) is 5.31. The predicted molar refractivity (Wildman–Crippen MR) is 76.7 cm³/mol. The van der Waals surface area contributed by atoms with Gasteiger partial charge in [-0.05, 0) is 18.6 Å². The number of nitro benzene ring substituents is 1. The topological polar surface area (TPSA) is 96.0 Å². The zero-order chi connectivity index (χ0) is 15.6. The molecule has 1 saturated heterocycles. The number of nitro groups is 1. The van der Waals surface area contributed by atoms with Crippen LogP contribution in [0.3, 0.4) is 0 Å². The van der Waals surface area contributed by atoms with Crippen molar-refractivity contribution in [2.24, 2.45) is 11.1 Å².